The van der Waals surface area contributed by atoms with E-state index in [0.717, 1.165) is 17.9 Å². The van der Waals surface area contributed by atoms with Crippen LogP contribution in [0.25, 0.3) is 0 Å². The van der Waals surface area contributed by atoms with Gasteiger partial charge in [-0.15, -0.1) is 0 Å². The molecule has 1 aliphatic heterocycles. The van der Waals surface area contributed by atoms with Crippen LogP contribution in [-0.2, 0) is 16.1 Å². The van der Waals surface area contributed by atoms with Crippen molar-refractivity contribution in [2.75, 3.05) is 47.5 Å². The zero-order chi connectivity index (χ0) is 16.9. The smallest absolute Gasteiger partial charge is 0.248 e. The molecule has 0 aliphatic carbocycles. The Labute approximate surface area is 137 Å². The molecule has 1 aliphatic rings. The summed E-state index contributed by atoms with van der Waals surface area (Å²) in [6.45, 7) is 2.27. The van der Waals surface area contributed by atoms with E-state index in [1.807, 2.05) is 31.3 Å². The van der Waals surface area contributed by atoms with E-state index in [9.17, 15) is 9.90 Å². The molecule has 0 saturated carbocycles. The average Bonchev–Trinajstić information content (AvgIpc) is 2.90. The second-order valence-corrected chi connectivity index (χ2v) is 6.24. The van der Waals surface area contributed by atoms with Crippen LogP contribution in [0.3, 0.4) is 0 Å². The van der Waals surface area contributed by atoms with Crippen molar-refractivity contribution in [3.8, 4) is 5.75 Å². The fourth-order valence-corrected chi connectivity index (χ4v) is 3.01. The first-order valence-corrected chi connectivity index (χ1v) is 7.76. The number of rotatable bonds is 7. The van der Waals surface area contributed by atoms with Crippen LogP contribution in [0.4, 0.5) is 0 Å². The molecule has 2 rings (SSSR count). The van der Waals surface area contributed by atoms with Crippen LogP contribution >= 0.6 is 0 Å². The Balaban J connectivity index is 1.86. The topological polar surface area (TPSA) is 62.2 Å². The zero-order valence-corrected chi connectivity index (χ0v) is 14.1. The van der Waals surface area contributed by atoms with Gasteiger partial charge < -0.3 is 19.5 Å². The molecule has 1 fully saturated rings. The molecule has 1 N–H and O–H groups in total. The first kappa shape index (κ1) is 17.7. The maximum Gasteiger partial charge on any atom is 0.248 e. The number of carbonyl (C=O) groups excluding carboxylic acids is 1. The first-order chi connectivity index (χ1) is 11.0. The maximum atomic E-state index is 11.8. The standard InChI is InChI=1S/C17H26N2O4/c1-18(10-14-4-6-15(23-3)7-5-14)12-17(21)8-9-19(13-17)16(20)11-22-2/h4-7,21H,8-13H2,1-3H3. The molecule has 1 atom stereocenters. The van der Waals surface area contributed by atoms with E-state index in [0.29, 0.717) is 26.1 Å². The fraction of sp³-hybridized carbons (Fsp3) is 0.588. The molecular formula is C17H26N2O4. The molecule has 1 aromatic carbocycles. The average molecular weight is 322 g/mol. The van der Waals surface area contributed by atoms with Crippen molar-refractivity contribution in [3.05, 3.63) is 29.8 Å². The predicted molar refractivity (Wildman–Crippen MR) is 87.4 cm³/mol. The number of aliphatic hydroxyl groups is 1. The molecule has 0 bridgehead atoms. The third kappa shape index (κ3) is 4.92. The maximum absolute atomic E-state index is 11.8. The van der Waals surface area contributed by atoms with Gasteiger partial charge in [0.1, 0.15) is 12.4 Å². The minimum atomic E-state index is -0.857. The molecule has 1 unspecified atom stereocenters. The Kier molecular flexibility index (Phi) is 5.98. The number of hydrogen-bond donors (Lipinski definition) is 1. The summed E-state index contributed by atoms with van der Waals surface area (Å²) < 4.78 is 10.0. The molecule has 23 heavy (non-hydrogen) atoms. The van der Waals surface area contributed by atoms with Crippen LogP contribution in [0.1, 0.15) is 12.0 Å². The Bertz CT molecular complexity index is 520. The lowest BCUT2D eigenvalue weighted by atomic mass is 10.0. The second-order valence-electron chi connectivity index (χ2n) is 6.24. The van der Waals surface area contributed by atoms with Gasteiger partial charge in [0.25, 0.3) is 0 Å². The highest BCUT2D eigenvalue weighted by molar-refractivity contribution is 5.77. The van der Waals surface area contributed by atoms with E-state index >= 15 is 0 Å². The van der Waals surface area contributed by atoms with E-state index in [1.165, 1.54) is 7.11 Å². The molecule has 6 heteroatoms. The van der Waals surface area contributed by atoms with Gasteiger partial charge in [0.05, 0.1) is 19.3 Å². The van der Waals surface area contributed by atoms with Gasteiger partial charge in [0.2, 0.25) is 5.91 Å². The quantitative estimate of drug-likeness (QED) is 0.802. The van der Waals surface area contributed by atoms with Crippen LogP contribution in [-0.4, -0.2) is 73.9 Å². The van der Waals surface area contributed by atoms with Gasteiger partial charge in [0, 0.05) is 26.7 Å². The van der Waals surface area contributed by atoms with Gasteiger partial charge in [-0.3, -0.25) is 9.69 Å². The normalized spacial score (nSPS) is 21.0. The highest BCUT2D eigenvalue weighted by Gasteiger charge is 2.38. The SMILES string of the molecule is COCC(=O)N1CCC(O)(CN(C)Cc2ccc(OC)cc2)C1. The Hall–Kier alpha value is -1.63. The number of benzene rings is 1. The third-order valence-electron chi connectivity index (χ3n) is 4.13. The highest BCUT2D eigenvalue weighted by atomic mass is 16.5. The van der Waals surface area contributed by atoms with Crippen LogP contribution in [0.5, 0.6) is 5.75 Å². The van der Waals surface area contributed by atoms with Crippen LogP contribution in [0, 0.1) is 0 Å². The highest BCUT2D eigenvalue weighted by Crippen LogP contribution is 2.23. The third-order valence-corrected chi connectivity index (χ3v) is 4.13. The number of nitrogens with zero attached hydrogens (tertiary/aromatic N) is 2. The van der Waals surface area contributed by atoms with Gasteiger partial charge in [-0.25, -0.2) is 0 Å². The van der Waals surface area contributed by atoms with Gasteiger partial charge in [-0.05, 0) is 31.2 Å². The predicted octanol–water partition coefficient (Wildman–Crippen LogP) is 0.737. The van der Waals surface area contributed by atoms with Gasteiger partial charge in [0.15, 0.2) is 0 Å². The van der Waals surface area contributed by atoms with Crippen molar-refractivity contribution in [2.45, 2.75) is 18.6 Å². The summed E-state index contributed by atoms with van der Waals surface area (Å²) in [5.41, 5.74) is 0.298. The van der Waals surface area contributed by atoms with Crippen molar-refractivity contribution in [2.24, 2.45) is 0 Å². The van der Waals surface area contributed by atoms with E-state index in [1.54, 1.807) is 12.0 Å². The Morgan fingerprint density at radius 1 is 1.35 bits per heavy atom. The van der Waals surface area contributed by atoms with Crippen LogP contribution in [0.2, 0.25) is 0 Å². The van der Waals surface area contributed by atoms with Crippen molar-refractivity contribution >= 4 is 5.91 Å². The summed E-state index contributed by atoms with van der Waals surface area (Å²) in [7, 11) is 5.12. The molecule has 1 heterocycles. The van der Waals surface area contributed by atoms with E-state index in [2.05, 4.69) is 4.90 Å². The lowest BCUT2D eigenvalue weighted by Gasteiger charge is -2.29. The molecule has 6 nitrogen and oxygen atoms in total. The monoisotopic (exact) mass is 322 g/mol. The summed E-state index contributed by atoms with van der Waals surface area (Å²) >= 11 is 0. The summed E-state index contributed by atoms with van der Waals surface area (Å²) in [6, 6.07) is 7.89. The number of carbonyl (C=O) groups is 1. The minimum Gasteiger partial charge on any atom is -0.497 e. The molecule has 0 spiro atoms. The van der Waals surface area contributed by atoms with Crippen molar-refractivity contribution in [1.82, 2.24) is 9.80 Å². The number of amides is 1. The molecule has 1 saturated heterocycles. The molecular weight excluding hydrogens is 296 g/mol. The van der Waals surface area contributed by atoms with Crippen LogP contribution in [0.15, 0.2) is 24.3 Å². The van der Waals surface area contributed by atoms with E-state index < -0.39 is 5.60 Å². The molecule has 0 aromatic heterocycles. The second kappa shape index (κ2) is 7.77. The number of methoxy groups -OCH3 is 2. The summed E-state index contributed by atoms with van der Waals surface area (Å²) in [5.74, 6) is 0.763. The van der Waals surface area contributed by atoms with E-state index in [-0.39, 0.29) is 12.5 Å². The van der Waals surface area contributed by atoms with Crippen molar-refractivity contribution in [3.63, 3.8) is 0 Å². The first-order valence-electron chi connectivity index (χ1n) is 7.76. The molecule has 128 valence electrons. The molecule has 0 radical (unpaired) electrons. The van der Waals surface area contributed by atoms with Crippen molar-refractivity contribution in [1.29, 1.82) is 0 Å². The number of likely N-dealkylation sites (tertiary alicyclic amines) is 1. The Morgan fingerprint density at radius 3 is 2.65 bits per heavy atom. The van der Waals surface area contributed by atoms with Crippen molar-refractivity contribution < 1.29 is 19.4 Å². The van der Waals surface area contributed by atoms with Gasteiger partial charge in [-0.1, -0.05) is 12.1 Å². The summed E-state index contributed by atoms with van der Waals surface area (Å²) in [6.07, 6.45) is 0.593. The number of hydrogen-bond acceptors (Lipinski definition) is 5. The number of ether oxygens (including phenoxy) is 2. The largest absolute Gasteiger partial charge is 0.497 e. The summed E-state index contributed by atoms with van der Waals surface area (Å²) in [4.78, 5) is 15.6. The molecule has 1 amide bonds. The Morgan fingerprint density at radius 2 is 2.04 bits per heavy atom. The number of likely N-dealkylation sites (N-methyl/N-ethyl adjacent to an activating group) is 1. The number of β-amino-alcohol motifs (C(OH)–C–C–N with tert-alkyl or cyclic N) is 1. The lowest BCUT2D eigenvalue weighted by molar-refractivity contribution is -0.135. The summed E-state index contributed by atoms with van der Waals surface area (Å²) in [5, 5.41) is 10.7. The van der Waals surface area contributed by atoms with E-state index in [4.69, 9.17) is 9.47 Å². The lowest BCUT2D eigenvalue weighted by Crippen LogP contribution is -2.44. The van der Waals surface area contributed by atoms with Gasteiger partial charge >= 0.3 is 0 Å². The molecule has 1 aromatic rings. The minimum absolute atomic E-state index is 0.0672. The zero-order valence-electron chi connectivity index (χ0n) is 14.1. The fourth-order valence-electron chi connectivity index (χ4n) is 3.01. The van der Waals surface area contributed by atoms with Gasteiger partial charge in [-0.2, -0.15) is 0 Å². The van der Waals surface area contributed by atoms with Crippen LogP contribution < -0.4 is 4.74 Å².